The zero-order valence-electron chi connectivity index (χ0n) is 14.0. The van der Waals surface area contributed by atoms with Crippen LogP contribution in [0, 0.1) is 0 Å². The van der Waals surface area contributed by atoms with Gasteiger partial charge in [-0.05, 0) is 24.1 Å². The van der Waals surface area contributed by atoms with Crippen LogP contribution in [0.5, 0.6) is 0 Å². The lowest BCUT2D eigenvalue weighted by molar-refractivity contribution is 0.631. The number of nitrogens with one attached hydrogen (secondary N) is 2. The quantitative estimate of drug-likeness (QED) is 0.621. The number of hydrogen-bond donors (Lipinski definition) is 2. The van der Waals surface area contributed by atoms with Gasteiger partial charge in [-0.15, -0.1) is 10.2 Å². The molecule has 1 fully saturated rings. The van der Waals surface area contributed by atoms with Crippen LogP contribution in [0.3, 0.4) is 0 Å². The molecule has 24 heavy (non-hydrogen) atoms. The number of nitrogens with zero attached hydrogens (tertiary/aromatic N) is 4. The van der Waals surface area contributed by atoms with E-state index in [9.17, 15) is 0 Å². The van der Waals surface area contributed by atoms with Crippen molar-refractivity contribution >= 4 is 17.6 Å². The number of aliphatic imine (C=N–C) groups is 1. The molecule has 6 nitrogen and oxygen atoms in total. The first-order valence-electron chi connectivity index (χ1n) is 8.30. The van der Waals surface area contributed by atoms with Gasteiger partial charge in [0.2, 0.25) is 0 Å². The Morgan fingerprint density at radius 2 is 2.33 bits per heavy atom. The summed E-state index contributed by atoms with van der Waals surface area (Å²) in [6, 6.07) is 8.50. The normalized spacial score (nSPS) is 20.0. The summed E-state index contributed by atoms with van der Waals surface area (Å²) in [4.78, 5) is 4.30. The number of halogens is 1. The molecule has 128 valence electrons. The van der Waals surface area contributed by atoms with Crippen molar-refractivity contribution in [1.29, 1.82) is 0 Å². The Morgan fingerprint density at radius 3 is 3.08 bits per heavy atom. The second kappa shape index (κ2) is 7.66. The van der Waals surface area contributed by atoms with Crippen molar-refractivity contribution in [3.8, 4) is 0 Å². The first-order chi connectivity index (χ1) is 11.7. The maximum absolute atomic E-state index is 6.07. The van der Waals surface area contributed by atoms with Crippen LogP contribution in [0.15, 0.2) is 35.6 Å². The number of aryl methyl sites for hydroxylation is 1. The molecule has 1 aliphatic rings. The molecule has 2 atom stereocenters. The lowest BCUT2D eigenvalue weighted by Gasteiger charge is -2.12. The van der Waals surface area contributed by atoms with Gasteiger partial charge in [-0.2, -0.15) is 0 Å². The third kappa shape index (κ3) is 4.06. The van der Waals surface area contributed by atoms with Gasteiger partial charge < -0.3 is 15.2 Å². The number of benzene rings is 1. The molecule has 0 amide bonds. The topological polar surface area (TPSA) is 67.1 Å². The van der Waals surface area contributed by atoms with E-state index in [-0.39, 0.29) is 0 Å². The lowest BCUT2D eigenvalue weighted by atomic mass is 10.1. The molecule has 1 saturated carbocycles. The molecule has 1 heterocycles. The molecule has 0 spiro atoms. The van der Waals surface area contributed by atoms with E-state index in [1.54, 1.807) is 13.4 Å². The van der Waals surface area contributed by atoms with Crippen molar-refractivity contribution in [2.24, 2.45) is 4.99 Å². The maximum atomic E-state index is 6.07. The molecule has 3 rings (SSSR count). The Balaban J connectivity index is 1.46. The van der Waals surface area contributed by atoms with Crippen molar-refractivity contribution in [3.63, 3.8) is 0 Å². The molecule has 2 N–H and O–H groups in total. The third-order valence-corrected chi connectivity index (χ3v) is 4.51. The molecule has 1 aromatic carbocycles. The highest BCUT2D eigenvalue weighted by Gasteiger charge is 2.39. The van der Waals surface area contributed by atoms with E-state index in [2.05, 4.69) is 43.4 Å². The average Bonchev–Trinajstić information content (AvgIpc) is 3.21. The average molecular weight is 347 g/mol. The largest absolute Gasteiger partial charge is 0.355 e. The molecule has 0 saturated heterocycles. The van der Waals surface area contributed by atoms with Crippen LogP contribution in [0.2, 0.25) is 5.02 Å². The van der Waals surface area contributed by atoms with Crippen molar-refractivity contribution in [2.45, 2.75) is 38.3 Å². The summed E-state index contributed by atoms with van der Waals surface area (Å²) in [5, 5.41) is 15.7. The monoisotopic (exact) mass is 346 g/mol. The summed E-state index contributed by atoms with van der Waals surface area (Å²) in [6.07, 6.45) is 3.76. The van der Waals surface area contributed by atoms with Crippen molar-refractivity contribution < 1.29 is 0 Å². The van der Waals surface area contributed by atoms with Crippen molar-refractivity contribution in [1.82, 2.24) is 25.4 Å². The van der Waals surface area contributed by atoms with E-state index in [1.165, 1.54) is 5.56 Å². The van der Waals surface area contributed by atoms with Gasteiger partial charge in [-0.1, -0.05) is 30.7 Å². The summed E-state index contributed by atoms with van der Waals surface area (Å²) < 4.78 is 2.06. The first-order valence-corrected chi connectivity index (χ1v) is 8.68. The van der Waals surface area contributed by atoms with Gasteiger partial charge in [0.15, 0.2) is 5.96 Å². The van der Waals surface area contributed by atoms with Crippen molar-refractivity contribution in [2.75, 3.05) is 13.6 Å². The zero-order valence-corrected chi connectivity index (χ0v) is 14.8. The van der Waals surface area contributed by atoms with Crippen molar-refractivity contribution in [3.05, 3.63) is 47.0 Å². The minimum absolute atomic E-state index is 0.413. The van der Waals surface area contributed by atoms with Crippen LogP contribution >= 0.6 is 11.6 Å². The van der Waals surface area contributed by atoms with Crippen LogP contribution in [0.4, 0.5) is 0 Å². The Kier molecular flexibility index (Phi) is 5.35. The predicted octanol–water partition coefficient (Wildman–Crippen LogP) is 2.22. The van der Waals surface area contributed by atoms with Crippen LogP contribution in [-0.4, -0.2) is 40.4 Å². The standard InChI is InChI=1S/C17H23ClN6/c1-3-16-23-21-11-24(16)8-7-20-17(19-2)22-15-10-14(15)12-5-4-6-13(18)9-12/h4-6,9,11,14-15H,3,7-8,10H2,1-2H3,(H2,19,20,22). The molecular weight excluding hydrogens is 324 g/mol. The first kappa shape index (κ1) is 16.8. The highest BCUT2D eigenvalue weighted by molar-refractivity contribution is 6.30. The van der Waals surface area contributed by atoms with Gasteiger partial charge in [0.05, 0.1) is 0 Å². The van der Waals surface area contributed by atoms with Gasteiger partial charge in [-0.25, -0.2) is 0 Å². The second-order valence-electron chi connectivity index (χ2n) is 5.94. The minimum atomic E-state index is 0.413. The number of rotatable bonds is 6. The number of aromatic nitrogens is 3. The van der Waals surface area contributed by atoms with E-state index in [4.69, 9.17) is 11.6 Å². The third-order valence-electron chi connectivity index (χ3n) is 4.27. The maximum Gasteiger partial charge on any atom is 0.191 e. The van der Waals surface area contributed by atoms with E-state index in [0.717, 1.165) is 42.7 Å². The summed E-state index contributed by atoms with van der Waals surface area (Å²) in [7, 11) is 1.79. The number of hydrogen-bond acceptors (Lipinski definition) is 3. The van der Waals surface area contributed by atoms with E-state index < -0.39 is 0 Å². The summed E-state index contributed by atoms with van der Waals surface area (Å²) in [5.41, 5.74) is 1.28. The van der Waals surface area contributed by atoms with Gasteiger partial charge in [0.1, 0.15) is 12.2 Å². The molecular formula is C17H23ClN6. The van der Waals surface area contributed by atoms with Crippen LogP contribution in [-0.2, 0) is 13.0 Å². The molecule has 0 radical (unpaired) electrons. The molecule has 0 aliphatic heterocycles. The fraction of sp³-hybridized carbons (Fsp3) is 0.471. The van der Waals surface area contributed by atoms with Gasteiger partial charge in [-0.3, -0.25) is 4.99 Å². The Bertz CT molecular complexity index is 711. The molecule has 1 aromatic heterocycles. The summed E-state index contributed by atoms with van der Waals surface area (Å²) >= 11 is 6.07. The van der Waals surface area contributed by atoms with Gasteiger partial charge in [0.25, 0.3) is 0 Å². The Hall–Kier alpha value is -2.08. The van der Waals surface area contributed by atoms with E-state index in [1.807, 2.05) is 18.2 Å². The molecule has 1 aliphatic carbocycles. The molecule has 0 bridgehead atoms. The lowest BCUT2D eigenvalue weighted by Crippen LogP contribution is -2.40. The Labute approximate surface area is 147 Å². The Morgan fingerprint density at radius 1 is 1.46 bits per heavy atom. The SMILES string of the molecule is CCc1nncn1CCNC(=NC)NC1CC1c1cccc(Cl)c1. The van der Waals surface area contributed by atoms with E-state index in [0.29, 0.717) is 12.0 Å². The highest BCUT2D eigenvalue weighted by Crippen LogP contribution is 2.41. The number of guanidine groups is 1. The van der Waals surface area contributed by atoms with Crippen LogP contribution in [0.25, 0.3) is 0 Å². The highest BCUT2D eigenvalue weighted by atomic mass is 35.5. The smallest absolute Gasteiger partial charge is 0.191 e. The minimum Gasteiger partial charge on any atom is -0.355 e. The zero-order chi connectivity index (χ0) is 16.9. The van der Waals surface area contributed by atoms with Gasteiger partial charge >= 0.3 is 0 Å². The summed E-state index contributed by atoms with van der Waals surface area (Å²) in [5.74, 6) is 2.34. The fourth-order valence-corrected chi connectivity index (χ4v) is 3.06. The summed E-state index contributed by atoms with van der Waals surface area (Å²) in [6.45, 7) is 3.68. The second-order valence-corrected chi connectivity index (χ2v) is 6.38. The van der Waals surface area contributed by atoms with Crippen LogP contribution in [0.1, 0.15) is 30.7 Å². The van der Waals surface area contributed by atoms with Crippen LogP contribution < -0.4 is 10.6 Å². The fourth-order valence-electron chi connectivity index (χ4n) is 2.86. The molecule has 7 heteroatoms. The predicted molar refractivity (Wildman–Crippen MR) is 96.5 cm³/mol. The molecule has 2 unspecified atom stereocenters. The van der Waals surface area contributed by atoms with E-state index >= 15 is 0 Å². The van der Waals surface area contributed by atoms with Gasteiger partial charge in [0, 0.05) is 43.5 Å². The molecule has 2 aromatic rings.